The number of hydrogen-bond acceptors (Lipinski definition) is 2. The van der Waals surface area contributed by atoms with Gasteiger partial charge in [-0.3, -0.25) is 0 Å². The van der Waals surface area contributed by atoms with Gasteiger partial charge in [-0.15, -0.1) is 0 Å². The predicted octanol–water partition coefficient (Wildman–Crippen LogP) is 1.49. The first kappa shape index (κ1) is 7.42. The summed E-state index contributed by atoms with van der Waals surface area (Å²) in [7, 11) is 0. The molecule has 54 valence electrons. The minimum Gasteiger partial charge on any atom is -0.316 e. The molecule has 1 saturated heterocycles. The molecule has 0 saturated carbocycles. The van der Waals surface area contributed by atoms with E-state index < -0.39 is 0 Å². The maximum Gasteiger partial charge on any atom is 0.0184 e. The van der Waals surface area contributed by atoms with Crippen LogP contribution in [0.15, 0.2) is 0 Å². The van der Waals surface area contributed by atoms with Crippen molar-refractivity contribution in [3.8, 4) is 0 Å². The van der Waals surface area contributed by atoms with Crippen molar-refractivity contribution in [2.75, 3.05) is 18.8 Å². The average molecular weight is 145 g/mol. The monoisotopic (exact) mass is 145 g/mol. The Hall–Kier alpha value is 0.310. The van der Waals surface area contributed by atoms with Gasteiger partial charge in [0.15, 0.2) is 0 Å². The smallest absolute Gasteiger partial charge is 0.0184 e. The summed E-state index contributed by atoms with van der Waals surface area (Å²) in [6.07, 6.45) is 2.70. The normalized spacial score (nSPS) is 27.0. The standard InChI is InChI=1S/C7H15NS/c1-2-5-9-7-3-4-8-6-7/h7-8H,2-6H2,1H3/t7-/m1/s1. The van der Waals surface area contributed by atoms with Crippen molar-refractivity contribution in [2.45, 2.75) is 25.0 Å². The van der Waals surface area contributed by atoms with Gasteiger partial charge in [-0.25, -0.2) is 0 Å². The van der Waals surface area contributed by atoms with Crippen LogP contribution in [0.25, 0.3) is 0 Å². The third kappa shape index (κ3) is 2.59. The molecular formula is C7H15NS. The van der Waals surface area contributed by atoms with Crippen LogP contribution in [0.5, 0.6) is 0 Å². The van der Waals surface area contributed by atoms with Crippen LogP contribution in [0.3, 0.4) is 0 Å². The molecule has 2 heteroatoms. The minimum atomic E-state index is 0.921. The molecule has 0 aliphatic carbocycles. The van der Waals surface area contributed by atoms with Crippen molar-refractivity contribution in [3.63, 3.8) is 0 Å². The zero-order valence-electron chi connectivity index (χ0n) is 6.02. The fraction of sp³-hybridized carbons (Fsp3) is 1.00. The summed E-state index contributed by atoms with van der Waals surface area (Å²) < 4.78 is 0. The summed E-state index contributed by atoms with van der Waals surface area (Å²) in [5.74, 6) is 1.34. The van der Waals surface area contributed by atoms with Crippen LogP contribution in [0.2, 0.25) is 0 Å². The Morgan fingerprint density at radius 3 is 3.11 bits per heavy atom. The van der Waals surface area contributed by atoms with Gasteiger partial charge in [0.05, 0.1) is 0 Å². The zero-order chi connectivity index (χ0) is 6.53. The van der Waals surface area contributed by atoms with Crippen LogP contribution < -0.4 is 5.32 Å². The van der Waals surface area contributed by atoms with Gasteiger partial charge in [0.1, 0.15) is 0 Å². The Morgan fingerprint density at radius 2 is 2.56 bits per heavy atom. The van der Waals surface area contributed by atoms with E-state index >= 15 is 0 Å². The molecule has 0 radical (unpaired) electrons. The molecule has 0 aromatic heterocycles. The molecule has 0 amide bonds. The maximum absolute atomic E-state index is 3.36. The van der Waals surface area contributed by atoms with E-state index in [-0.39, 0.29) is 0 Å². The first-order valence-corrected chi connectivity index (χ1v) is 4.80. The molecule has 1 atom stereocenters. The maximum atomic E-state index is 3.36. The van der Waals surface area contributed by atoms with Crippen LogP contribution in [0.1, 0.15) is 19.8 Å². The highest BCUT2D eigenvalue weighted by Gasteiger charge is 2.12. The quantitative estimate of drug-likeness (QED) is 0.646. The Bertz CT molecular complexity index is 69.3. The molecule has 1 nitrogen and oxygen atoms in total. The van der Waals surface area contributed by atoms with Gasteiger partial charge < -0.3 is 5.32 Å². The second kappa shape index (κ2) is 4.18. The first-order valence-electron chi connectivity index (χ1n) is 3.76. The highest BCUT2D eigenvalue weighted by atomic mass is 32.2. The summed E-state index contributed by atoms with van der Waals surface area (Å²) >= 11 is 2.12. The Morgan fingerprint density at radius 1 is 1.67 bits per heavy atom. The van der Waals surface area contributed by atoms with Gasteiger partial charge >= 0.3 is 0 Å². The molecule has 9 heavy (non-hydrogen) atoms. The second-order valence-electron chi connectivity index (χ2n) is 2.49. The molecule has 1 heterocycles. The third-order valence-corrected chi connectivity index (χ3v) is 3.09. The number of thioether (sulfide) groups is 1. The van der Waals surface area contributed by atoms with E-state index in [0.717, 1.165) is 5.25 Å². The Balaban J connectivity index is 1.98. The van der Waals surface area contributed by atoms with Gasteiger partial charge in [-0.1, -0.05) is 6.92 Å². The van der Waals surface area contributed by atoms with Crippen molar-refractivity contribution in [1.82, 2.24) is 5.32 Å². The summed E-state index contributed by atoms with van der Waals surface area (Å²) in [5, 5.41) is 4.28. The van der Waals surface area contributed by atoms with Gasteiger partial charge in [-0.2, -0.15) is 11.8 Å². The van der Waals surface area contributed by atoms with Crippen LogP contribution in [0.4, 0.5) is 0 Å². The van der Waals surface area contributed by atoms with E-state index in [2.05, 4.69) is 24.0 Å². The fourth-order valence-electron chi connectivity index (χ4n) is 1.05. The highest BCUT2D eigenvalue weighted by molar-refractivity contribution is 7.99. The summed E-state index contributed by atoms with van der Waals surface area (Å²) in [5.41, 5.74) is 0. The largest absolute Gasteiger partial charge is 0.316 e. The number of hydrogen-bond donors (Lipinski definition) is 1. The number of nitrogens with one attached hydrogen (secondary N) is 1. The number of rotatable bonds is 3. The van der Waals surface area contributed by atoms with E-state index in [1.54, 1.807) is 0 Å². The molecular weight excluding hydrogens is 130 g/mol. The summed E-state index contributed by atoms with van der Waals surface area (Å²) in [6.45, 7) is 4.72. The predicted molar refractivity (Wildman–Crippen MR) is 44.0 cm³/mol. The van der Waals surface area contributed by atoms with E-state index in [9.17, 15) is 0 Å². The minimum absolute atomic E-state index is 0.921. The van der Waals surface area contributed by atoms with Gasteiger partial charge in [-0.05, 0) is 25.1 Å². The highest BCUT2D eigenvalue weighted by Crippen LogP contribution is 2.17. The van der Waals surface area contributed by atoms with Crippen LogP contribution in [-0.4, -0.2) is 24.1 Å². The summed E-state index contributed by atoms with van der Waals surface area (Å²) in [6, 6.07) is 0. The zero-order valence-corrected chi connectivity index (χ0v) is 6.84. The molecule has 1 aliphatic heterocycles. The van der Waals surface area contributed by atoms with Crippen molar-refractivity contribution in [3.05, 3.63) is 0 Å². The molecule has 0 aromatic carbocycles. The van der Waals surface area contributed by atoms with Crippen molar-refractivity contribution < 1.29 is 0 Å². The van der Waals surface area contributed by atoms with E-state index in [0.29, 0.717) is 0 Å². The lowest BCUT2D eigenvalue weighted by Crippen LogP contribution is -2.10. The lowest BCUT2D eigenvalue weighted by Gasteiger charge is -2.04. The average Bonchev–Trinajstić information content (AvgIpc) is 2.34. The van der Waals surface area contributed by atoms with Crippen LogP contribution >= 0.6 is 11.8 Å². The lowest BCUT2D eigenvalue weighted by molar-refractivity contribution is 0.858. The molecule has 0 spiro atoms. The van der Waals surface area contributed by atoms with Gasteiger partial charge in [0, 0.05) is 11.8 Å². The fourth-order valence-corrected chi connectivity index (χ4v) is 2.14. The molecule has 1 N–H and O–H groups in total. The molecule has 0 unspecified atom stereocenters. The molecule has 1 fully saturated rings. The second-order valence-corrected chi connectivity index (χ2v) is 3.89. The topological polar surface area (TPSA) is 12.0 Å². The van der Waals surface area contributed by atoms with Crippen LogP contribution in [0, 0.1) is 0 Å². The van der Waals surface area contributed by atoms with E-state index in [1.807, 2.05) is 0 Å². The van der Waals surface area contributed by atoms with Crippen molar-refractivity contribution in [2.24, 2.45) is 0 Å². The van der Waals surface area contributed by atoms with Crippen molar-refractivity contribution >= 4 is 11.8 Å². The molecule has 1 rings (SSSR count). The Labute approximate surface area is 61.6 Å². The van der Waals surface area contributed by atoms with E-state index in [1.165, 1.54) is 31.7 Å². The third-order valence-electron chi connectivity index (χ3n) is 1.57. The van der Waals surface area contributed by atoms with Crippen LogP contribution in [-0.2, 0) is 0 Å². The SMILES string of the molecule is CCCS[C@@H]1CCNC1. The van der Waals surface area contributed by atoms with Gasteiger partial charge in [0.25, 0.3) is 0 Å². The van der Waals surface area contributed by atoms with E-state index in [4.69, 9.17) is 0 Å². The summed E-state index contributed by atoms with van der Waals surface area (Å²) in [4.78, 5) is 0. The first-order chi connectivity index (χ1) is 4.43. The molecule has 0 bridgehead atoms. The Kier molecular flexibility index (Phi) is 3.44. The molecule has 1 aliphatic rings. The molecule has 0 aromatic rings. The van der Waals surface area contributed by atoms with Crippen molar-refractivity contribution in [1.29, 1.82) is 0 Å². The lowest BCUT2D eigenvalue weighted by atomic mass is 10.4. The van der Waals surface area contributed by atoms with Gasteiger partial charge in [0.2, 0.25) is 0 Å².